The van der Waals surface area contributed by atoms with Crippen molar-refractivity contribution in [1.82, 2.24) is 4.90 Å². The van der Waals surface area contributed by atoms with Gasteiger partial charge < -0.3 is 19.8 Å². The average Bonchev–Trinajstić information content (AvgIpc) is 3.04. The first-order chi connectivity index (χ1) is 11.0. The quantitative estimate of drug-likeness (QED) is 0.923. The van der Waals surface area contributed by atoms with Crippen LogP contribution in [0.4, 0.5) is 0 Å². The Morgan fingerprint density at radius 3 is 2.67 bits per heavy atom. The molecule has 2 heterocycles. The molecule has 6 heteroatoms. The first kappa shape index (κ1) is 18.5. The van der Waals surface area contributed by atoms with Gasteiger partial charge in [-0.05, 0) is 25.5 Å². The molecule has 2 N–H and O–H groups in total. The summed E-state index contributed by atoms with van der Waals surface area (Å²) >= 11 is 0. The summed E-state index contributed by atoms with van der Waals surface area (Å²) in [6.07, 6.45) is 1.36. The number of benzene rings is 1. The molecule has 1 aromatic carbocycles. The lowest BCUT2D eigenvalue weighted by Crippen LogP contribution is -2.56. The molecule has 1 amide bonds. The number of halogens is 1. The van der Waals surface area contributed by atoms with Gasteiger partial charge in [-0.15, -0.1) is 12.4 Å². The highest BCUT2D eigenvalue weighted by Gasteiger charge is 2.39. The summed E-state index contributed by atoms with van der Waals surface area (Å²) in [5.41, 5.74) is 6.80. The van der Waals surface area contributed by atoms with Crippen LogP contribution >= 0.6 is 12.4 Å². The van der Waals surface area contributed by atoms with E-state index in [4.69, 9.17) is 14.9 Å². The van der Waals surface area contributed by atoms with E-state index in [1.165, 1.54) is 6.26 Å². The van der Waals surface area contributed by atoms with E-state index < -0.39 is 0 Å². The van der Waals surface area contributed by atoms with E-state index in [9.17, 15) is 4.79 Å². The number of nitrogens with zero attached hydrogens (tertiary/aromatic N) is 1. The van der Waals surface area contributed by atoms with Crippen molar-refractivity contribution >= 4 is 18.3 Å². The van der Waals surface area contributed by atoms with E-state index in [1.807, 2.05) is 49.1 Å². The maximum atomic E-state index is 12.9. The van der Waals surface area contributed by atoms with Gasteiger partial charge in [0.2, 0.25) is 0 Å². The Balaban J connectivity index is 0.00000208. The van der Waals surface area contributed by atoms with Crippen molar-refractivity contribution < 1.29 is 13.9 Å². The minimum Gasteiger partial charge on any atom is -0.467 e. The van der Waals surface area contributed by atoms with Crippen LogP contribution in [0.2, 0.25) is 0 Å². The number of hydrogen-bond donors (Lipinski definition) is 1. The standard InChI is InChI=1S/C18H22N2O3.ClH/c1-18(2)12-23-16(13-6-4-3-5-7-13)10-20(18)17(21)14-8-15(9-19)22-11-14;/h3-8,11,16H,9-10,12,19H2,1-2H3;1H. The van der Waals surface area contributed by atoms with E-state index in [0.717, 1.165) is 5.56 Å². The lowest BCUT2D eigenvalue weighted by Gasteiger charge is -2.45. The summed E-state index contributed by atoms with van der Waals surface area (Å²) in [6.45, 7) is 5.30. The predicted molar refractivity (Wildman–Crippen MR) is 94.1 cm³/mol. The molecular formula is C18H23ClN2O3. The number of ether oxygens (including phenoxy) is 1. The van der Waals surface area contributed by atoms with Gasteiger partial charge in [-0.2, -0.15) is 0 Å². The van der Waals surface area contributed by atoms with Gasteiger partial charge in [-0.1, -0.05) is 30.3 Å². The molecule has 0 saturated carbocycles. The van der Waals surface area contributed by atoms with E-state index in [0.29, 0.717) is 24.5 Å². The van der Waals surface area contributed by atoms with Gasteiger partial charge in [-0.3, -0.25) is 4.79 Å². The Morgan fingerprint density at radius 2 is 2.04 bits per heavy atom. The molecule has 0 bridgehead atoms. The minimum atomic E-state index is -0.373. The Bertz CT molecular complexity index is 685. The molecule has 5 nitrogen and oxygen atoms in total. The van der Waals surface area contributed by atoms with Crippen molar-refractivity contribution in [3.8, 4) is 0 Å². The third-order valence-electron chi connectivity index (χ3n) is 4.24. The van der Waals surface area contributed by atoms with Crippen LogP contribution in [0.1, 0.15) is 41.6 Å². The van der Waals surface area contributed by atoms with Crippen molar-refractivity contribution in [2.45, 2.75) is 32.0 Å². The van der Waals surface area contributed by atoms with Gasteiger partial charge in [0.05, 0.1) is 30.8 Å². The van der Waals surface area contributed by atoms with Crippen molar-refractivity contribution in [3.05, 3.63) is 59.5 Å². The monoisotopic (exact) mass is 350 g/mol. The van der Waals surface area contributed by atoms with Crippen LogP contribution in [0.15, 0.2) is 47.1 Å². The van der Waals surface area contributed by atoms with Gasteiger partial charge in [0.25, 0.3) is 5.91 Å². The fourth-order valence-electron chi connectivity index (χ4n) is 2.83. The summed E-state index contributed by atoms with van der Waals surface area (Å²) in [4.78, 5) is 14.8. The zero-order valence-electron chi connectivity index (χ0n) is 13.9. The maximum Gasteiger partial charge on any atom is 0.257 e. The molecule has 1 aliphatic rings. The van der Waals surface area contributed by atoms with Crippen LogP contribution in [0.3, 0.4) is 0 Å². The Morgan fingerprint density at radius 1 is 1.33 bits per heavy atom. The molecular weight excluding hydrogens is 328 g/mol. The zero-order chi connectivity index (χ0) is 16.4. The highest BCUT2D eigenvalue weighted by atomic mass is 35.5. The average molecular weight is 351 g/mol. The van der Waals surface area contributed by atoms with E-state index >= 15 is 0 Å². The number of rotatable bonds is 3. The van der Waals surface area contributed by atoms with Crippen molar-refractivity contribution in [2.24, 2.45) is 5.73 Å². The number of amides is 1. The number of nitrogens with two attached hydrogens (primary N) is 1. The Labute approximate surface area is 148 Å². The molecule has 3 rings (SSSR count). The molecule has 0 aliphatic carbocycles. The fourth-order valence-corrected chi connectivity index (χ4v) is 2.83. The van der Waals surface area contributed by atoms with Gasteiger partial charge in [-0.25, -0.2) is 0 Å². The summed E-state index contributed by atoms with van der Waals surface area (Å²) < 4.78 is 11.3. The summed E-state index contributed by atoms with van der Waals surface area (Å²) in [6, 6.07) is 11.7. The van der Waals surface area contributed by atoms with Crippen molar-refractivity contribution in [3.63, 3.8) is 0 Å². The van der Waals surface area contributed by atoms with E-state index in [1.54, 1.807) is 6.07 Å². The SMILES string of the molecule is CC1(C)COC(c2ccccc2)CN1C(=O)c1coc(CN)c1.Cl. The van der Waals surface area contributed by atoms with Crippen LogP contribution < -0.4 is 5.73 Å². The first-order valence-electron chi connectivity index (χ1n) is 7.77. The molecule has 1 aliphatic heterocycles. The zero-order valence-corrected chi connectivity index (χ0v) is 14.7. The van der Waals surface area contributed by atoms with Crippen LogP contribution in [-0.4, -0.2) is 29.5 Å². The summed E-state index contributed by atoms with van der Waals surface area (Å²) in [5, 5.41) is 0. The van der Waals surface area contributed by atoms with Crippen LogP contribution in [0.5, 0.6) is 0 Å². The number of carbonyl (C=O) groups excluding carboxylic acids is 1. The Kier molecular flexibility index (Phi) is 5.70. The number of carbonyl (C=O) groups is 1. The van der Waals surface area contributed by atoms with Gasteiger partial charge >= 0.3 is 0 Å². The Hall–Kier alpha value is -1.82. The smallest absolute Gasteiger partial charge is 0.257 e. The highest BCUT2D eigenvalue weighted by Crippen LogP contribution is 2.31. The molecule has 1 unspecified atom stereocenters. The van der Waals surface area contributed by atoms with Crippen LogP contribution in [0, 0.1) is 0 Å². The summed E-state index contributed by atoms with van der Waals surface area (Å²) in [7, 11) is 0. The maximum absolute atomic E-state index is 12.9. The molecule has 0 radical (unpaired) electrons. The van der Waals surface area contributed by atoms with Crippen LogP contribution in [-0.2, 0) is 11.3 Å². The van der Waals surface area contributed by atoms with Gasteiger partial charge in [0.15, 0.2) is 0 Å². The lowest BCUT2D eigenvalue weighted by atomic mass is 9.97. The molecule has 1 saturated heterocycles. The van der Waals surface area contributed by atoms with Gasteiger partial charge in [0.1, 0.15) is 18.1 Å². The number of morpholine rings is 1. The molecule has 1 atom stereocenters. The van der Waals surface area contributed by atoms with E-state index in [-0.39, 0.29) is 36.5 Å². The second-order valence-electron chi connectivity index (χ2n) is 6.44. The van der Waals surface area contributed by atoms with Crippen molar-refractivity contribution in [2.75, 3.05) is 13.2 Å². The normalized spacial score (nSPS) is 19.6. The minimum absolute atomic E-state index is 0. The number of furan rings is 1. The second-order valence-corrected chi connectivity index (χ2v) is 6.44. The predicted octanol–water partition coefficient (Wildman–Crippen LogP) is 3.15. The van der Waals surface area contributed by atoms with Crippen LogP contribution in [0.25, 0.3) is 0 Å². The third-order valence-corrected chi connectivity index (χ3v) is 4.24. The van der Waals surface area contributed by atoms with Crippen molar-refractivity contribution in [1.29, 1.82) is 0 Å². The molecule has 1 aromatic heterocycles. The molecule has 130 valence electrons. The second kappa shape index (κ2) is 7.38. The summed E-state index contributed by atoms with van der Waals surface area (Å²) in [5.74, 6) is 0.557. The fraction of sp³-hybridized carbons (Fsp3) is 0.389. The topological polar surface area (TPSA) is 68.7 Å². The van der Waals surface area contributed by atoms with Gasteiger partial charge in [0, 0.05) is 0 Å². The third kappa shape index (κ3) is 3.64. The lowest BCUT2D eigenvalue weighted by molar-refractivity contribution is -0.0846. The first-order valence-corrected chi connectivity index (χ1v) is 7.77. The number of hydrogen-bond acceptors (Lipinski definition) is 4. The molecule has 1 fully saturated rings. The largest absolute Gasteiger partial charge is 0.467 e. The molecule has 24 heavy (non-hydrogen) atoms. The molecule has 0 spiro atoms. The van der Waals surface area contributed by atoms with E-state index in [2.05, 4.69) is 0 Å². The highest BCUT2D eigenvalue weighted by molar-refractivity contribution is 5.94. The molecule has 2 aromatic rings.